The summed E-state index contributed by atoms with van der Waals surface area (Å²) >= 11 is 0. The predicted molar refractivity (Wildman–Crippen MR) is 297 cm³/mol. The van der Waals surface area contributed by atoms with Gasteiger partial charge in [-0.3, -0.25) is 0 Å². The predicted octanol–water partition coefficient (Wildman–Crippen LogP) is 18.9. The average molecular weight is 897 g/mol. The Morgan fingerprint density at radius 2 is 0.557 bits per heavy atom. The zero-order valence-corrected chi connectivity index (χ0v) is 40.0. The molecular formula is C68H52N2. The fourth-order valence-corrected chi connectivity index (χ4v) is 11.9. The molecule has 0 spiro atoms. The Balaban J connectivity index is 0.988. The van der Waals surface area contributed by atoms with E-state index in [-0.39, 0.29) is 10.8 Å². The molecule has 0 heterocycles. The van der Waals surface area contributed by atoms with Crippen molar-refractivity contribution in [2.45, 2.75) is 38.5 Å². The van der Waals surface area contributed by atoms with Gasteiger partial charge >= 0.3 is 0 Å². The normalized spacial score (nSPS) is 13.7. The topological polar surface area (TPSA) is 6.48 Å². The van der Waals surface area contributed by atoms with Gasteiger partial charge in [-0.05, 0) is 144 Å². The van der Waals surface area contributed by atoms with E-state index < -0.39 is 0 Å². The monoisotopic (exact) mass is 896 g/mol. The molecule has 0 saturated heterocycles. The first-order chi connectivity index (χ1) is 34.3. The molecule has 0 fully saturated rings. The van der Waals surface area contributed by atoms with E-state index >= 15 is 0 Å². The maximum atomic E-state index is 2.59. The highest BCUT2D eigenvalue weighted by Crippen LogP contribution is 2.61. The number of anilines is 6. The molecule has 0 saturated carbocycles. The van der Waals surface area contributed by atoms with Crippen molar-refractivity contribution in [2.75, 3.05) is 9.80 Å². The van der Waals surface area contributed by atoms with E-state index in [1.807, 2.05) is 0 Å². The Morgan fingerprint density at radius 1 is 0.257 bits per heavy atom. The highest BCUT2D eigenvalue weighted by molar-refractivity contribution is 6.13. The van der Waals surface area contributed by atoms with Crippen LogP contribution in [0.15, 0.2) is 243 Å². The van der Waals surface area contributed by atoms with Gasteiger partial charge in [-0.2, -0.15) is 0 Å². The van der Waals surface area contributed by atoms with E-state index in [0.29, 0.717) is 0 Å². The van der Waals surface area contributed by atoms with Crippen LogP contribution in [-0.2, 0) is 10.8 Å². The third-order valence-corrected chi connectivity index (χ3v) is 15.4. The van der Waals surface area contributed by atoms with E-state index in [1.165, 1.54) is 99.7 Å². The van der Waals surface area contributed by atoms with Gasteiger partial charge in [0.15, 0.2) is 0 Å². The van der Waals surface area contributed by atoms with Crippen LogP contribution in [0.2, 0.25) is 0 Å². The second-order valence-corrected chi connectivity index (χ2v) is 20.1. The highest BCUT2D eigenvalue weighted by Gasteiger charge is 2.44. The third kappa shape index (κ3) is 6.47. The first-order valence-electron chi connectivity index (χ1n) is 24.6. The van der Waals surface area contributed by atoms with Gasteiger partial charge in [0.1, 0.15) is 0 Å². The Kier molecular flexibility index (Phi) is 9.58. The minimum Gasteiger partial charge on any atom is -0.310 e. The van der Waals surface area contributed by atoms with Crippen LogP contribution in [0.3, 0.4) is 0 Å². The molecule has 0 aliphatic heterocycles. The van der Waals surface area contributed by atoms with Gasteiger partial charge in [0.05, 0.1) is 11.4 Å². The van der Waals surface area contributed by atoms with E-state index in [9.17, 15) is 0 Å². The molecule has 2 nitrogen and oxygen atoms in total. The fourth-order valence-electron chi connectivity index (χ4n) is 11.9. The summed E-state index contributed by atoms with van der Waals surface area (Å²) in [5.74, 6) is 0. The van der Waals surface area contributed by atoms with Crippen LogP contribution >= 0.6 is 0 Å². The van der Waals surface area contributed by atoms with Gasteiger partial charge in [-0.15, -0.1) is 0 Å². The van der Waals surface area contributed by atoms with E-state index in [1.54, 1.807) is 0 Å². The Labute approximate surface area is 411 Å². The molecule has 0 atom stereocenters. The Morgan fingerprint density at radius 3 is 0.929 bits per heavy atom. The van der Waals surface area contributed by atoms with Crippen molar-refractivity contribution in [3.63, 3.8) is 0 Å². The van der Waals surface area contributed by atoms with Gasteiger partial charge < -0.3 is 9.80 Å². The van der Waals surface area contributed by atoms with Crippen LogP contribution in [0.25, 0.3) is 66.1 Å². The fraction of sp³-hybridized carbons (Fsp3) is 0.0882. The first-order valence-corrected chi connectivity index (χ1v) is 24.6. The minimum absolute atomic E-state index is 0.272. The molecule has 0 aromatic heterocycles. The molecule has 11 aromatic rings. The number of nitrogens with zero attached hydrogens (tertiary/aromatic N) is 2. The molecule has 2 aliphatic rings. The second kappa shape index (κ2) is 16.1. The van der Waals surface area contributed by atoms with Crippen LogP contribution < -0.4 is 9.80 Å². The lowest BCUT2D eigenvalue weighted by Gasteiger charge is -2.30. The third-order valence-electron chi connectivity index (χ3n) is 15.4. The molecule has 0 amide bonds. The Hall–Kier alpha value is -8.46. The van der Waals surface area contributed by atoms with Crippen molar-refractivity contribution < 1.29 is 0 Å². The zero-order chi connectivity index (χ0) is 47.1. The number of para-hydroxylation sites is 2. The first kappa shape index (κ1) is 41.7. The molecule has 2 heteroatoms. The van der Waals surface area contributed by atoms with Gasteiger partial charge in [0.2, 0.25) is 0 Å². The number of fused-ring (bicyclic) bond motifs is 10. The van der Waals surface area contributed by atoms with Gasteiger partial charge in [-0.25, -0.2) is 0 Å². The van der Waals surface area contributed by atoms with Crippen LogP contribution in [-0.4, -0.2) is 0 Å². The number of rotatable bonds is 8. The molecular weight excluding hydrogens is 845 g/mol. The van der Waals surface area contributed by atoms with E-state index in [0.717, 1.165) is 22.7 Å². The Bertz CT molecular complexity index is 3530. The van der Waals surface area contributed by atoms with Gasteiger partial charge in [0.25, 0.3) is 0 Å². The van der Waals surface area contributed by atoms with Crippen LogP contribution in [0.1, 0.15) is 49.9 Å². The molecule has 70 heavy (non-hydrogen) atoms. The number of hydrogen-bond donors (Lipinski definition) is 0. The van der Waals surface area contributed by atoms with Crippen molar-refractivity contribution in [2.24, 2.45) is 0 Å². The van der Waals surface area contributed by atoms with E-state index in [4.69, 9.17) is 0 Å². The maximum absolute atomic E-state index is 2.59. The summed E-state index contributed by atoms with van der Waals surface area (Å²) in [6, 6.07) is 89.5. The number of benzene rings is 11. The summed E-state index contributed by atoms with van der Waals surface area (Å²) in [6.45, 7) is 9.75. The smallest absolute Gasteiger partial charge is 0.0543 e. The summed E-state index contributed by atoms with van der Waals surface area (Å²) in [7, 11) is 0. The quantitative estimate of drug-likeness (QED) is 0.150. The van der Waals surface area contributed by atoms with Crippen molar-refractivity contribution in [1.82, 2.24) is 0 Å². The SMILES string of the molecule is CC1(C)c2cc3c(cc2-c2c1cc(N(c1ccccc1)c1ccc(-c4ccccc4)cc1)c1ccccc21)-c1c(cc(N(c2ccccc2)c2ccc(-c4ccccc4)cc2)c2ccccc12)C3(C)C. The van der Waals surface area contributed by atoms with Crippen molar-refractivity contribution in [3.8, 4) is 44.5 Å². The van der Waals surface area contributed by atoms with Crippen LogP contribution in [0, 0.1) is 0 Å². The molecule has 13 rings (SSSR count). The largest absolute Gasteiger partial charge is 0.310 e. The average Bonchev–Trinajstić information content (AvgIpc) is 3.78. The summed E-state index contributed by atoms with van der Waals surface area (Å²) < 4.78 is 0. The zero-order valence-electron chi connectivity index (χ0n) is 40.0. The minimum atomic E-state index is -0.272. The maximum Gasteiger partial charge on any atom is 0.0543 e. The van der Waals surface area contributed by atoms with Crippen molar-refractivity contribution in [1.29, 1.82) is 0 Å². The molecule has 0 radical (unpaired) electrons. The molecule has 0 N–H and O–H groups in total. The van der Waals surface area contributed by atoms with Crippen molar-refractivity contribution in [3.05, 3.63) is 265 Å². The molecule has 0 unspecified atom stereocenters. The standard InChI is InChI=1S/C68H52N2/c1-67(2)59-42-60-58(41-57(59)65-55-31-19-17-29-53(55)63(43-61(65)67)69(49-25-13-7-14-26-49)51-37-33-47(34-38-51)45-21-9-5-10-22-45)66-56-32-20-18-30-54(56)64(44-62(66)68(60,3)4)70(50-27-15-8-16-28-50)52-39-35-48(36-40-52)46-23-11-6-12-24-46/h5-44H,1-4H3. The molecule has 334 valence electrons. The van der Waals surface area contributed by atoms with Gasteiger partial charge in [-0.1, -0.05) is 204 Å². The number of hydrogen-bond acceptors (Lipinski definition) is 2. The molecule has 0 bridgehead atoms. The lowest BCUT2D eigenvalue weighted by atomic mass is 9.77. The van der Waals surface area contributed by atoms with E-state index in [2.05, 4.69) is 280 Å². The highest BCUT2D eigenvalue weighted by atomic mass is 15.1. The summed E-state index contributed by atoms with van der Waals surface area (Å²) in [5.41, 5.74) is 22.0. The van der Waals surface area contributed by atoms with Crippen molar-refractivity contribution >= 4 is 55.7 Å². The lowest BCUT2D eigenvalue weighted by molar-refractivity contribution is 0.639. The second-order valence-electron chi connectivity index (χ2n) is 20.1. The van der Waals surface area contributed by atoms with Gasteiger partial charge in [0, 0.05) is 44.4 Å². The summed E-state index contributed by atoms with van der Waals surface area (Å²) in [6.07, 6.45) is 0. The van der Waals surface area contributed by atoms with Crippen LogP contribution in [0.5, 0.6) is 0 Å². The molecule has 11 aromatic carbocycles. The lowest BCUT2D eigenvalue weighted by Crippen LogP contribution is -2.20. The molecule has 2 aliphatic carbocycles. The van der Waals surface area contributed by atoms with Crippen LogP contribution in [0.4, 0.5) is 34.1 Å². The summed E-state index contributed by atoms with van der Waals surface area (Å²) in [5, 5.41) is 5.01. The summed E-state index contributed by atoms with van der Waals surface area (Å²) in [4.78, 5) is 4.91.